The van der Waals surface area contributed by atoms with Crippen LogP contribution in [0, 0.1) is 0 Å². The van der Waals surface area contributed by atoms with Crippen molar-refractivity contribution in [1.82, 2.24) is 9.80 Å². The fraction of sp³-hybridized carbons (Fsp3) is 0.842. The van der Waals surface area contributed by atoms with Gasteiger partial charge in [0, 0.05) is 13.1 Å². The van der Waals surface area contributed by atoms with Crippen molar-refractivity contribution in [2.24, 2.45) is 0 Å². The standard InChI is InChI=1S/C38H70N2O3/c1-5-7-9-11-13-15-17-19-21-23-25-29-33-39(3)37-41-35-31-27-28-32-36(35)42-38(43-37)40(4)34-30-26-24-22-20-18-16-14-12-10-8-6-2/h27-28,31-32,37-38H,5-26,29-30,33-34H2,1-4H3. The highest BCUT2D eigenvalue weighted by Gasteiger charge is 2.31. The predicted molar refractivity (Wildman–Crippen MR) is 184 cm³/mol. The van der Waals surface area contributed by atoms with Gasteiger partial charge in [-0.2, -0.15) is 0 Å². The van der Waals surface area contributed by atoms with Gasteiger partial charge in [-0.25, -0.2) is 9.80 Å². The lowest BCUT2D eigenvalue weighted by Gasteiger charge is -2.31. The topological polar surface area (TPSA) is 34.2 Å². The molecule has 0 saturated heterocycles. The fourth-order valence-corrected chi connectivity index (χ4v) is 6.02. The zero-order valence-corrected chi connectivity index (χ0v) is 29.0. The van der Waals surface area contributed by atoms with Crippen molar-refractivity contribution in [2.75, 3.05) is 27.2 Å². The molecule has 1 aliphatic rings. The van der Waals surface area contributed by atoms with E-state index in [1.165, 1.54) is 154 Å². The molecule has 5 heteroatoms. The van der Waals surface area contributed by atoms with Gasteiger partial charge in [0.1, 0.15) is 0 Å². The van der Waals surface area contributed by atoms with Crippen molar-refractivity contribution in [2.45, 2.75) is 181 Å². The predicted octanol–water partition coefficient (Wildman–Crippen LogP) is 11.3. The number of nitrogens with zero attached hydrogens (tertiary/aromatic N) is 2. The first kappa shape index (κ1) is 37.9. The van der Waals surface area contributed by atoms with Gasteiger partial charge < -0.3 is 9.47 Å². The summed E-state index contributed by atoms with van der Waals surface area (Å²) in [6.07, 6.45) is 31.8. The Morgan fingerprint density at radius 3 is 1.02 bits per heavy atom. The summed E-state index contributed by atoms with van der Waals surface area (Å²) < 4.78 is 19.1. The molecule has 1 aromatic carbocycles. The number of hydrogen-bond donors (Lipinski definition) is 0. The van der Waals surface area contributed by atoms with Crippen molar-refractivity contribution in [3.8, 4) is 11.5 Å². The molecule has 0 aromatic heterocycles. The van der Waals surface area contributed by atoms with Crippen LogP contribution in [0.25, 0.3) is 0 Å². The van der Waals surface area contributed by atoms with E-state index in [9.17, 15) is 0 Å². The Morgan fingerprint density at radius 1 is 0.442 bits per heavy atom. The molecule has 0 spiro atoms. The van der Waals surface area contributed by atoms with Gasteiger partial charge in [-0.05, 0) is 39.1 Å². The largest absolute Gasteiger partial charge is 0.447 e. The second-order valence-electron chi connectivity index (χ2n) is 13.2. The zero-order chi connectivity index (χ0) is 30.8. The fourth-order valence-electron chi connectivity index (χ4n) is 6.02. The van der Waals surface area contributed by atoms with Crippen LogP contribution in [-0.4, -0.2) is 49.8 Å². The van der Waals surface area contributed by atoms with Gasteiger partial charge in [-0.3, -0.25) is 4.74 Å². The summed E-state index contributed by atoms with van der Waals surface area (Å²) in [6, 6.07) is 7.97. The summed E-state index contributed by atoms with van der Waals surface area (Å²) in [5.41, 5.74) is 0. The highest BCUT2D eigenvalue weighted by Crippen LogP contribution is 2.33. The third-order valence-electron chi connectivity index (χ3n) is 8.99. The molecule has 43 heavy (non-hydrogen) atoms. The maximum Gasteiger partial charge on any atom is 0.266 e. The molecular formula is C38H70N2O3. The molecule has 1 heterocycles. The van der Waals surface area contributed by atoms with E-state index in [1.54, 1.807) is 0 Å². The van der Waals surface area contributed by atoms with Crippen LogP contribution in [0.15, 0.2) is 24.3 Å². The lowest BCUT2D eigenvalue weighted by atomic mass is 10.1. The molecule has 1 aliphatic heterocycles. The van der Waals surface area contributed by atoms with E-state index in [2.05, 4.69) is 37.7 Å². The highest BCUT2D eigenvalue weighted by atomic mass is 16.8. The lowest BCUT2D eigenvalue weighted by Crippen LogP contribution is -2.47. The van der Waals surface area contributed by atoms with Gasteiger partial charge in [-0.1, -0.05) is 167 Å². The third-order valence-corrected chi connectivity index (χ3v) is 8.99. The normalized spacial score (nSPS) is 16.7. The van der Waals surface area contributed by atoms with Crippen molar-refractivity contribution in [3.63, 3.8) is 0 Å². The van der Waals surface area contributed by atoms with E-state index < -0.39 is 12.8 Å². The number of benzene rings is 1. The van der Waals surface area contributed by atoms with Crippen molar-refractivity contribution >= 4 is 0 Å². The average molecular weight is 603 g/mol. The third kappa shape index (κ3) is 18.3. The first-order valence-electron chi connectivity index (χ1n) is 18.6. The van der Waals surface area contributed by atoms with Gasteiger partial charge in [0.05, 0.1) is 0 Å². The Kier molecular flexibility index (Phi) is 22.9. The summed E-state index contributed by atoms with van der Waals surface area (Å²) in [6.45, 7) is 6.50. The van der Waals surface area contributed by atoms with Crippen LogP contribution in [0.4, 0.5) is 0 Å². The van der Waals surface area contributed by atoms with Crippen LogP contribution in [0.2, 0.25) is 0 Å². The minimum Gasteiger partial charge on any atom is -0.447 e. The SMILES string of the molecule is CCCCCCCCCCCCCCN(C)C1Oc2ccccc2OC(N(C)CCCCCCCCCCCCCC)O1. The number of unbranched alkanes of at least 4 members (excludes halogenated alkanes) is 22. The Labute approximate surface area is 267 Å². The van der Waals surface area contributed by atoms with Gasteiger partial charge in [0.15, 0.2) is 11.5 Å². The molecule has 2 unspecified atom stereocenters. The van der Waals surface area contributed by atoms with E-state index in [4.69, 9.17) is 14.2 Å². The van der Waals surface area contributed by atoms with E-state index in [-0.39, 0.29) is 0 Å². The molecular weight excluding hydrogens is 532 g/mol. The smallest absolute Gasteiger partial charge is 0.266 e. The molecule has 2 atom stereocenters. The van der Waals surface area contributed by atoms with Gasteiger partial charge in [0.2, 0.25) is 0 Å². The van der Waals surface area contributed by atoms with Crippen LogP contribution >= 0.6 is 0 Å². The van der Waals surface area contributed by atoms with Crippen LogP contribution in [0.5, 0.6) is 11.5 Å². The van der Waals surface area contributed by atoms with E-state index in [0.717, 1.165) is 24.6 Å². The molecule has 0 fully saturated rings. The lowest BCUT2D eigenvalue weighted by molar-refractivity contribution is -0.268. The molecule has 0 aliphatic carbocycles. The second-order valence-corrected chi connectivity index (χ2v) is 13.2. The first-order chi connectivity index (χ1) is 21.2. The minimum absolute atomic E-state index is 0.453. The van der Waals surface area contributed by atoms with Crippen molar-refractivity contribution in [3.05, 3.63) is 24.3 Å². The molecule has 2 rings (SSSR count). The zero-order valence-electron chi connectivity index (χ0n) is 29.0. The van der Waals surface area contributed by atoms with Gasteiger partial charge in [-0.15, -0.1) is 0 Å². The average Bonchev–Trinajstić information content (AvgIpc) is 3.22. The molecule has 0 bridgehead atoms. The van der Waals surface area contributed by atoms with E-state index >= 15 is 0 Å². The van der Waals surface area contributed by atoms with Crippen LogP contribution < -0.4 is 9.47 Å². The van der Waals surface area contributed by atoms with E-state index in [0.29, 0.717) is 0 Å². The molecule has 5 nitrogen and oxygen atoms in total. The number of ether oxygens (including phenoxy) is 3. The maximum atomic E-state index is 6.44. The monoisotopic (exact) mass is 603 g/mol. The van der Waals surface area contributed by atoms with Crippen molar-refractivity contribution in [1.29, 1.82) is 0 Å². The maximum absolute atomic E-state index is 6.44. The number of para-hydroxylation sites is 2. The minimum atomic E-state index is -0.453. The van der Waals surface area contributed by atoms with Crippen molar-refractivity contribution < 1.29 is 14.2 Å². The second kappa shape index (κ2) is 26.0. The summed E-state index contributed by atoms with van der Waals surface area (Å²) in [5, 5.41) is 0. The number of hydrogen-bond acceptors (Lipinski definition) is 5. The Balaban J connectivity index is 1.62. The van der Waals surface area contributed by atoms with Gasteiger partial charge >= 0.3 is 0 Å². The molecule has 0 saturated carbocycles. The molecule has 0 amide bonds. The Hall–Kier alpha value is -1.30. The summed E-state index contributed by atoms with van der Waals surface area (Å²) in [7, 11) is 4.22. The number of rotatable bonds is 28. The molecule has 250 valence electrons. The summed E-state index contributed by atoms with van der Waals surface area (Å²) >= 11 is 0. The molecule has 0 N–H and O–H groups in total. The summed E-state index contributed by atoms with van der Waals surface area (Å²) in [5.74, 6) is 1.52. The highest BCUT2D eigenvalue weighted by molar-refractivity contribution is 5.39. The Morgan fingerprint density at radius 2 is 0.721 bits per heavy atom. The quantitative estimate of drug-likeness (QED) is 0.0891. The van der Waals surface area contributed by atoms with E-state index in [1.807, 2.05) is 24.3 Å². The molecule has 0 radical (unpaired) electrons. The number of fused-ring (bicyclic) bond motifs is 1. The van der Waals surface area contributed by atoms with Crippen LogP contribution in [-0.2, 0) is 4.74 Å². The van der Waals surface area contributed by atoms with Gasteiger partial charge in [0.25, 0.3) is 12.8 Å². The van der Waals surface area contributed by atoms with Crippen LogP contribution in [0.1, 0.15) is 168 Å². The van der Waals surface area contributed by atoms with Crippen LogP contribution in [0.3, 0.4) is 0 Å². The first-order valence-corrected chi connectivity index (χ1v) is 18.6. The molecule has 1 aromatic rings. The Bertz CT molecular complexity index is 699. The summed E-state index contributed by atoms with van der Waals surface area (Å²) in [4.78, 5) is 4.40.